The van der Waals surface area contributed by atoms with Crippen LogP contribution < -0.4 is 10.1 Å². The molecule has 0 spiro atoms. The molecule has 150 valence electrons. The molecule has 1 aromatic carbocycles. The van der Waals surface area contributed by atoms with E-state index in [1.807, 2.05) is 23.1 Å². The van der Waals surface area contributed by atoms with Crippen LogP contribution in [0.5, 0.6) is 5.75 Å². The van der Waals surface area contributed by atoms with Crippen molar-refractivity contribution >= 4 is 11.9 Å². The lowest BCUT2D eigenvalue weighted by atomic mass is 10.1. The van der Waals surface area contributed by atoms with E-state index in [0.717, 1.165) is 63.0 Å². The van der Waals surface area contributed by atoms with Crippen LogP contribution in [-0.4, -0.2) is 61.0 Å². The Bertz CT molecular complexity index is 622. The normalized spacial score (nSPS) is 15.2. The number of nitrogens with one attached hydrogen (secondary N) is 1. The number of hydrogen-bond donors (Lipinski definition) is 1. The van der Waals surface area contributed by atoms with Gasteiger partial charge in [-0.05, 0) is 25.3 Å². The molecule has 0 aromatic heterocycles. The van der Waals surface area contributed by atoms with Gasteiger partial charge in [-0.3, -0.25) is 4.79 Å². The summed E-state index contributed by atoms with van der Waals surface area (Å²) in [6.07, 6.45) is 1.04. The zero-order valence-electron chi connectivity index (χ0n) is 17.2. The Morgan fingerprint density at radius 2 is 1.85 bits per heavy atom. The molecule has 1 aromatic rings. The van der Waals surface area contributed by atoms with Gasteiger partial charge < -0.3 is 19.9 Å². The molecule has 6 heteroatoms. The molecule has 0 bridgehead atoms. The summed E-state index contributed by atoms with van der Waals surface area (Å²) in [5.74, 6) is 2.59. The summed E-state index contributed by atoms with van der Waals surface area (Å²) in [5, 5.41) is 3.38. The van der Waals surface area contributed by atoms with Crippen LogP contribution in [0.2, 0.25) is 0 Å². The first kappa shape index (κ1) is 21.1. The molecule has 1 N–H and O–H groups in total. The highest BCUT2D eigenvalue weighted by atomic mass is 16.5. The number of ether oxygens (including phenoxy) is 1. The summed E-state index contributed by atoms with van der Waals surface area (Å²) in [6, 6.07) is 8.12. The molecular weight excluding hydrogens is 340 g/mol. The maximum absolute atomic E-state index is 11.5. The second kappa shape index (κ2) is 10.8. The van der Waals surface area contributed by atoms with Crippen molar-refractivity contribution in [3.63, 3.8) is 0 Å². The van der Waals surface area contributed by atoms with Crippen molar-refractivity contribution < 1.29 is 9.53 Å². The quantitative estimate of drug-likeness (QED) is 0.589. The van der Waals surface area contributed by atoms with Crippen molar-refractivity contribution in [1.82, 2.24) is 15.1 Å². The number of amides is 1. The van der Waals surface area contributed by atoms with Crippen molar-refractivity contribution in [2.75, 3.05) is 39.3 Å². The Balaban J connectivity index is 2.01. The Morgan fingerprint density at radius 3 is 2.48 bits per heavy atom. The largest absolute Gasteiger partial charge is 0.493 e. The highest BCUT2D eigenvalue weighted by Gasteiger charge is 2.20. The van der Waals surface area contributed by atoms with E-state index < -0.39 is 0 Å². The van der Waals surface area contributed by atoms with Gasteiger partial charge in [0.15, 0.2) is 5.96 Å². The predicted molar refractivity (Wildman–Crippen MR) is 110 cm³/mol. The summed E-state index contributed by atoms with van der Waals surface area (Å²) in [5.41, 5.74) is 1.10. The zero-order valence-corrected chi connectivity index (χ0v) is 17.2. The first-order chi connectivity index (χ1) is 13.0. The van der Waals surface area contributed by atoms with E-state index in [1.165, 1.54) is 0 Å². The molecule has 0 saturated carbocycles. The van der Waals surface area contributed by atoms with E-state index in [4.69, 9.17) is 9.73 Å². The number of benzene rings is 1. The topological polar surface area (TPSA) is 57.2 Å². The number of carbonyl (C=O) groups excluding carboxylic acids is 1. The number of aliphatic imine (C=N–C) groups is 1. The Kier molecular flexibility index (Phi) is 8.43. The minimum atomic E-state index is 0.143. The predicted octanol–water partition coefficient (Wildman–Crippen LogP) is 2.74. The van der Waals surface area contributed by atoms with Gasteiger partial charge in [0.05, 0.1) is 13.2 Å². The average molecular weight is 375 g/mol. The van der Waals surface area contributed by atoms with Gasteiger partial charge in [-0.15, -0.1) is 0 Å². The molecule has 0 radical (unpaired) electrons. The molecule has 1 heterocycles. The third kappa shape index (κ3) is 6.77. The van der Waals surface area contributed by atoms with E-state index in [1.54, 1.807) is 6.92 Å². The highest BCUT2D eigenvalue weighted by Crippen LogP contribution is 2.20. The van der Waals surface area contributed by atoms with Crippen molar-refractivity contribution in [2.45, 2.75) is 40.7 Å². The average Bonchev–Trinajstić information content (AvgIpc) is 2.66. The first-order valence-electron chi connectivity index (χ1n) is 10.0. The Labute approximate surface area is 163 Å². The van der Waals surface area contributed by atoms with Crippen LogP contribution in [0, 0.1) is 5.92 Å². The van der Waals surface area contributed by atoms with Crippen LogP contribution in [0.3, 0.4) is 0 Å². The van der Waals surface area contributed by atoms with Gasteiger partial charge in [-0.25, -0.2) is 4.99 Å². The second-order valence-electron chi connectivity index (χ2n) is 7.30. The lowest BCUT2D eigenvalue weighted by Crippen LogP contribution is -2.53. The molecular formula is C21H34N4O2. The van der Waals surface area contributed by atoms with Crippen molar-refractivity contribution in [3.05, 3.63) is 29.8 Å². The number of rotatable bonds is 7. The molecule has 27 heavy (non-hydrogen) atoms. The van der Waals surface area contributed by atoms with Crippen LogP contribution in [0.25, 0.3) is 0 Å². The fraction of sp³-hybridized carbons (Fsp3) is 0.619. The lowest BCUT2D eigenvalue weighted by molar-refractivity contribution is -0.130. The van der Waals surface area contributed by atoms with Crippen molar-refractivity contribution in [3.8, 4) is 5.75 Å². The number of para-hydroxylation sites is 1. The fourth-order valence-corrected chi connectivity index (χ4v) is 3.00. The SMILES string of the molecule is CCNC(=NCc1ccccc1OCCC(C)C)N1CCN(C(C)=O)CC1. The number of nitrogens with zero attached hydrogens (tertiary/aromatic N) is 3. The molecule has 0 aliphatic carbocycles. The molecule has 1 aliphatic rings. The lowest BCUT2D eigenvalue weighted by Gasteiger charge is -2.36. The van der Waals surface area contributed by atoms with E-state index in [0.29, 0.717) is 12.5 Å². The smallest absolute Gasteiger partial charge is 0.219 e. The van der Waals surface area contributed by atoms with Gasteiger partial charge >= 0.3 is 0 Å². The molecule has 1 amide bonds. The monoisotopic (exact) mass is 374 g/mol. The van der Waals surface area contributed by atoms with E-state index in [2.05, 4.69) is 37.1 Å². The van der Waals surface area contributed by atoms with Crippen LogP contribution >= 0.6 is 0 Å². The number of guanidine groups is 1. The Morgan fingerprint density at radius 1 is 1.19 bits per heavy atom. The summed E-state index contributed by atoms with van der Waals surface area (Å²) in [6.45, 7) is 13.3. The number of piperazine rings is 1. The minimum Gasteiger partial charge on any atom is -0.493 e. The van der Waals surface area contributed by atoms with E-state index in [-0.39, 0.29) is 5.91 Å². The third-order valence-corrected chi connectivity index (χ3v) is 4.68. The molecule has 2 rings (SSSR count). The minimum absolute atomic E-state index is 0.143. The van der Waals surface area contributed by atoms with Gasteiger partial charge in [-0.1, -0.05) is 32.0 Å². The van der Waals surface area contributed by atoms with Gasteiger partial charge in [0.25, 0.3) is 0 Å². The zero-order chi connectivity index (χ0) is 19.6. The molecule has 6 nitrogen and oxygen atoms in total. The van der Waals surface area contributed by atoms with Gasteiger partial charge in [0.1, 0.15) is 5.75 Å². The summed E-state index contributed by atoms with van der Waals surface area (Å²) in [7, 11) is 0. The molecule has 0 atom stereocenters. The fourth-order valence-electron chi connectivity index (χ4n) is 3.00. The van der Waals surface area contributed by atoms with E-state index >= 15 is 0 Å². The maximum atomic E-state index is 11.5. The standard InChI is InChI=1S/C21H34N4O2/c1-5-22-21(25-13-11-24(12-14-25)18(4)26)23-16-19-8-6-7-9-20(19)27-15-10-17(2)3/h6-9,17H,5,10-16H2,1-4H3,(H,22,23). The molecule has 1 aliphatic heterocycles. The second-order valence-corrected chi connectivity index (χ2v) is 7.30. The van der Waals surface area contributed by atoms with Crippen LogP contribution in [0.1, 0.15) is 39.7 Å². The van der Waals surface area contributed by atoms with E-state index in [9.17, 15) is 4.79 Å². The third-order valence-electron chi connectivity index (χ3n) is 4.68. The Hall–Kier alpha value is -2.24. The number of hydrogen-bond acceptors (Lipinski definition) is 3. The number of carbonyl (C=O) groups is 1. The molecule has 1 fully saturated rings. The van der Waals surface area contributed by atoms with Crippen molar-refractivity contribution in [1.29, 1.82) is 0 Å². The first-order valence-corrected chi connectivity index (χ1v) is 10.0. The van der Waals surface area contributed by atoms with Crippen molar-refractivity contribution in [2.24, 2.45) is 10.9 Å². The van der Waals surface area contributed by atoms with Crippen LogP contribution in [-0.2, 0) is 11.3 Å². The summed E-state index contributed by atoms with van der Waals surface area (Å²) in [4.78, 5) is 20.5. The van der Waals surface area contributed by atoms with Crippen LogP contribution in [0.15, 0.2) is 29.3 Å². The van der Waals surface area contributed by atoms with Gasteiger partial charge in [-0.2, -0.15) is 0 Å². The molecule has 1 saturated heterocycles. The summed E-state index contributed by atoms with van der Waals surface area (Å²) >= 11 is 0. The summed E-state index contributed by atoms with van der Waals surface area (Å²) < 4.78 is 5.98. The maximum Gasteiger partial charge on any atom is 0.219 e. The van der Waals surface area contributed by atoms with Crippen LogP contribution in [0.4, 0.5) is 0 Å². The van der Waals surface area contributed by atoms with Gasteiger partial charge in [0.2, 0.25) is 5.91 Å². The molecule has 0 unspecified atom stereocenters. The highest BCUT2D eigenvalue weighted by molar-refractivity contribution is 5.80. The van der Waals surface area contributed by atoms with Gasteiger partial charge in [0, 0.05) is 45.2 Å².